The first-order valence-corrected chi connectivity index (χ1v) is 7.06. The fourth-order valence-electron chi connectivity index (χ4n) is 1.32. The summed E-state index contributed by atoms with van der Waals surface area (Å²) in [6.45, 7) is 1.44. The molecule has 0 saturated carbocycles. The summed E-state index contributed by atoms with van der Waals surface area (Å²) in [5.74, 6) is -0.679. The van der Waals surface area contributed by atoms with E-state index in [1.54, 1.807) is 0 Å². The molecule has 1 aromatic carbocycles. The Labute approximate surface area is 109 Å². The monoisotopic (exact) mass is 287 g/mol. The molecule has 104 valence electrons. The topological polar surface area (TPSA) is 132 Å². The lowest BCUT2D eigenvalue weighted by Crippen LogP contribution is -2.32. The molecule has 19 heavy (non-hydrogen) atoms. The molecule has 0 fully saturated rings. The lowest BCUT2D eigenvalue weighted by Gasteiger charge is -2.12. The number of anilines is 1. The standard InChI is InChI=1S/C10H13N3O5S/c1-6(10(11)14)12-8-4-3-7(19(2,17)18)5-9(8)13(15)16/h3-6,12H,1-2H3,(H2,11,14). The van der Waals surface area contributed by atoms with Crippen molar-refractivity contribution in [1.82, 2.24) is 0 Å². The van der Waals surface area contributed by atoms with Crippen molar-refractivity contribution in [3.8, 4) is 0 Å². The fourth-order valence-corrected chi connectivity index (χ4v) is 1.96. The minimum Gasteiger partial charge on any atom is -0.368 e. The SMILES string of the molecule is CC(Nc1ccc(S(C)(=O)=O)cc1[N+](=O)[O-])C(N)=O. The van der Waals surface area contributed by atoms with Crippen LogP contribution in [-0.4, -0.2) is 31.5 Å². The maximum Gasteiger partial charge on any atom is 0.293 e. The minimum atomic E-state index is -3.54. The third-order valence-corrected chi connectivity index (χ3v) is 3.50. The van der Waals surface area contributed by atoms with Crippen molar-refractivity contribution < 1.29 is 18.1 Å². The molecule has 0 saturated heterocycles. The molecule has 0 radical (unpaired) electrons. The number of sulfone groups is 1. The lowest BCUT2D eigenvalue weighted by molar-refractivity contribution is -0.384. The maximum absolute atomic E-state index is 11.3. The fraction of sp³-hybridized carbons (Fsp3) is 0.300. The van der Waals surface area contributed by atoms with E-state index < -0.39 is 32.4 Å². The number of hydrogen-bond donors (Lipinski definition) is 2. The molecular weight excluding hydrogens is 274 g/mol. The second-order valence-electron chi connectivity index (χ2n) is 3.98. The van der Waals surface area contributed by atoms with Gasteiger partial charge in [0.25, 0.3) is 5.69 Å². The summed E-state index contributed by atoms with van der Waals surface area (Å²) in [6.07, 6.45) is 0.950. The normalized spacial score (nSPS) is 12.7. The van der Waals surface area contributed by atoms with E-state index in [9.17, 15) is 23.3 Å². The zero-order chi connectivity index (χ0) is 14.8. The molecule has 0 aliphatic heterocycles. The molecule has 1 aromatic rings. The summed E-state index contributed by atoms with van der Waals surface area (Å²) in [5.41, 5.74) is 4.64. The summed E-state index contributed by atoms with van der Waals surface area (Å²) < 4.78 is 22.7. The van der Waals surface area contributed by atoms with Gasteiger partial charge in [0.05, 0.1) is 9.82 Å². The summed E-state index contributed by atoms with van der Waals surface area (Å²) in [5, 5.41) is 13.5. The number of nitro groups is 1. The smallest absolute Gasteiger partial charge is 0.293 e. The van der Waals surface area contributed by atoms with Gasteiger partial charge in [0, 0.05) is 12.3 Å². The Balaban J connectivity index is 3.27. The van der Waals surface area contributed by atoms with Crippen molar-refractivity contribution in [3.05, 3.63) is 28.3 Å². The van der Waals surface area contributed by atoms with Crippen LogP contribution in [0.15, 0.2) is 23.1 Å². The van der Waals surface area contributed by atoms with Crippen LogP contribution >= 0.6 is 0 Å². The summed E-state index contributed by atoms with van der Waals surface area (Å²) in [6, 6.07) is 2.57. The zero-order valence-corrected chi connectivity index (χ0v) is 11.1. The number of amides is 1. The average molecular weight is 287 g/mol. The quantitative estimate of drug-likeness (QED) is 0.590. The maximum atomic E-state index is 11.3. The lowest BCUT2D eigenvalue weighted by atomic mass is 10.2. The number of nitrogens with zero attached hydrogens (tertiary/aromatic N) is 1. The number of hydrogen-bond acceptors (Lipinski definition) is 6. The molecule has 0 heterocycles. The van der Waals surface area contributed by atoms with E-state index in [4.69, 9.17) is 5.73 Å². The number of nitro benzene ring substituents is 1. The molecule has 0 aliphatic carbocycles. The molecule has 9 heteroatoms. The number of carbonyl (C=O) groups excluding carboxylic acids is 1. The number of benzene rings is 1. The van der Waals surface area contributed by atoms with Crippen molar-refractivity contribution in [2.75, 3.05) is 11.6 Å². The number of rotatable bonds is 5. The highest BCUT2D eigenvalue weighted by Crippen LogP contribution is 2.28. The number of nitrogens with two attached hydrogens (primary N) is 1. The van der Waals surface area contributed by atoms with E-state index in [1.165, 1.54) is 19.1 Å². The molecule has 1 atom stereocenters. The van der Waals surface area contributed by atoms with Crippen molar-refractivity contribution in [1.29, 1.82) is 0 Å². The van der Waals surface area contributed by atoms with Crippen LogP contribution in [0.4, 0.5) is 11.4 Å². The highest BCUT2D eigenvalue weighted by atomic mass is 32.2. The van der Waals surface area contributed by atoms with Gasteiger partial charge in [0.15, 0.2) is 9.84 Å². The molecule has 8 nitrogen and oxygen atoms in total. The Kier molecular flexibility index (Phi) is 4.10. The Bertz CT molecular complexity index is 626. The van der Waals surface area contributed by atoms with Crippen LogP contribution in [0.2, 0.25) is 0 Å². The van der Waals surface area contributed by atoms with Gasteiger partial charge < -0.3 is 11.1 Å². The van der Waals surface area contributed by atoms with Gasteiger partial charge in [0.1, 0.15) is 11.7 Å². The number of primary amides is 1. The van der Waals surface area contributed by atoms with E-state index in [0.29, 0.717) is 0 Å². The Hall–Kier alpha value is -2.16. The van der Waals surface area contributed by atoms with Crippen LogP contribution in [0.25, 0.3) is 0 Å². The largest absolute Gasteiger partial charge is 0.368 e. The van der Waals surface area contributed by atoms with E-state index in [2.05, 4.69) is 5.32 Å². The van der Waals surface area contributed by atoms with E-state index in [0.717, 1.165) is 12.3 Å². The van der Waals surface area contributed by atoms with E-state index in [-0.39, 0.29) is 10.6 Å². The van der Waals surface area contributed by atoms with Crippen LogP contribution in [-0.2, 0) is 14.6 Å². The predicted molar refractivity (Wildman–Crippen MR) is 68.5 cm³/mol. The highest BCUT2D eigenvalue weighted by Gasteiger charge is 2.20. The summed E-state index contributed by atoms with van der Waals surface area (Å²) >= 11 is 0. The van der Waals surface area contributed by atoms with E-state index in [1.807, 2.05) is 0 Å². The first-order valence-electron chi connectivity index (χ1n) is 5.17. The predicted octanol–water partition coefficient (Wildman–Crippen LogP) is 0.284. The second-order valence-corrected chi connectivity index (χ2v) is 5.99. The van der Waals surface area contributed by atoms with Gasteiger partial charge in [-0.05, 0) is 19.1 Å². The summed E-state index contributed by atoms with van der Waals surface area (Å²) in [7, 11) is -3.54. The van der Waals surface area contributed by atoms with Crippen LogP contribution < -0.4 is 11.1 Å². The van der Waals surface area contributed by atoms with Gasteiger partial charge >= 0.3 is 0 Å². The Morgan fingerprint density at radius 2 is 2.05 bits per heavy atom. The molecule has 3 N–H and O–H groups in total. The number of nitrogens with one attached hydrogen (secondary N) is 1. The molecule has 1 rings (SSSR count). The zero-order valence-electron chi connectivity index (χ0n) is 10.3. The van der Waals surface area contributed by atoms with Gasteiger partial charge in [-0.2, -0.15) is 0 Å². The molecular formula is C10H13N3O5S. The van der Waals surface area contributed by atoms with Gasteiger partial charge in [-0.15, -0.1) is 0 Å². The van der Waals surface area contributed by atoms with Gasteiger partial charge in [0.2, 0.25) is 5.91 Å². The van der Waals surface area contributed by atoms with Gasteiger partial charge in [-0.1, -0.05) is 0 Å². The second kappa shape index (κ2) is 5.22. The van der Waals surface area contributed by atoms with Crippen LogP contribution in [0.5, 0.6) is 0 Å². The third kappa shape index (κ3) is 3.65. The minimum absolute atomic E-state index is 0.0312. The summed E-state index contributed by atoms with van der Waals surface area (Å²) in [4.78, 5) is 20.9. The van der Waals surface area contributed by atoms with Crippen molar-refractivity contribution in [2.24, 2.45) is 5.73 Å². The third-order valence-electron chi connectivity index (χ3n) is 2.39. The van der Waals surface area contributed by atoms with Gasteiger partial charge in [-0.3, -0.25) is 14.9 Å². The van der Waals surface area contributed by atoms with Crippen molar-refractivity contribution in [2.45, 2.75) is 17.9 Å². The van der Waals surface area contributed by atoms with Crippen LogP contribution in [0.1, 0.15) is 6.92 Å². The van der Waals surface area contributed by atoms with E-state index >= 15 is 0 Å². The van der Waals surface area contributed by atoms with Crippen LogP contribution in [0, 0.1) is 10.1 Å². The molecule has 0 bridgehead atoms. The molecule has 0 aliphatic rings. The molecule has 1 amide bonds. The molecule has 0 aromatic heterocycles. The highest BCUT2D eigenvalue weighted by molar-refractivity contribution is 7.90. The number of carbonyl (C=O) groups is 1. The van der Waals surface area contributed by atoms with Gasteiger partial charge in [-0.25, -0.2) is 8.42 Å². The average Bonchev–Trinajstić information content (AvgIpc) is 2.27. The Morgan fingerprint density at radius 1 is 1.47 bits per heavy atom. The van der Waals surface area contributed by atoms with Crippen LogP contribution in [0.3, 0.4) is 0 Å². The Morgan fingerprint density at radius 3 is 2.47 bits per heavy atom. The van der Waals surface area contributed by atoms with Crippen molar-refractivity contribution >= 4 is 27.1 Å². The molecule has 0 spiro atoms. The first kappa shape index (κ1) is 14.9. The first-order chi connectivity index (χ1) is 8.62. The molecule has 1 unspecified atom stereocenters. The van der Waals surface area contributed by atoms with Crippen molar-refractivity contribution in [3.63, 3.8) is 0 Å².